The van der Waals surface area contributed by atoms with Gasteiger partial charge in [-0.15, -0.1) is 0 Å². The fourth-order valence-corrected chi connectivity index (χ4v) is 3.77. The van der Waals surface area contributed by atoms with Gasteiger partial charge in [0.1, 0.15) is 41.7 Å². The highest BCUT2D eigenvalue weighted by atomic mass is 19.1. The summed E-state index contributed by atoms with van der Waals surface area (Å²) in [4.78, 5) is 0. The summed E-state index contributed by atoms with van der Waals surface area (Å²) < 4.78 is 36.6. The van der Waals surface area contributed by atoms with E-state index < -0.39 is 37.2 Å². The Morgan fingerprint density at radius 2 is 1.68 bits per heavy atom. The second-order valence-electron chi connectivity index (χ2n) is 7.36. The zero-order valence-corrected chi connectivity index (χ0v) is 17.8. The monoisotopic (exact) mass is 436 g/mol. The summed E-state index contributed by atoms with van der Waals surface area (Å²) in [5.74, 6) is 1.68. The quantitative estimate of drug-likeness (QED) is 0.584. The molecule has 0 radical (unpaired) electrons. The van der Waals surface area contributed by atoms with Crippen molar-refractivity contribution < 1.29 is 38.7 Å². The van der Waals surface area contributed by atoms with E-state index in [1.807, 2.05) is 31.2 Å². The average Bonchev–Trinajstić information content (AvgIpc) is 2.79. The van der Waals surface area contributed by atoms with E-state index in [1.54, 1.807) is 12.1 Å². The summed E-state index contributed by atoms with van der Waals surface area (Å²) >= 11 is 0. The van der Waals surface area contributed by atoms with Crippen molar-refractivity contribution in [3.63, 3.8) is 0 Å². The van der Waals surface area contributed by atoms with Gasteiger partial charge >= 0.3 is 0 Å². The van der Waals surface area contributed by atoms with Crippen molar-refractivity contribution in [3.05, 3.63) is 53.1 Å². The molecule has 2 aromatic rings. The van der Waals surface area contributed by atoms with E-state index in [9.17, 15) is 19.7 Å². The van der Waals surface area contributed by atoms with Crippen LogP contribution in [0.1, 0.15) is 29.7 Å². The molecule has 7 nitrogen and oxygen atoms in total. The lowest BCUT2D eigenvalue weighted by atomic mass is 9.90. The first-order chi connectivity index (χ1) is 14.9. The summed E-state index contributed by atoms with van der Waals surface area (Å²) in [6.45, 7) is 1.92. The summed E-state index contributed by atoms with van der Waals surface area (Å²) in [5, 5.41) is 29.8. The maximum atomic E-state index is 14.5. The Morgan fingerprint density at radius 1 is 1.00 bits per heavy atom. The predicted octanol–water partition coefficient (Wildman–Crippen LogP) is 2.19. The molecule has 1 unspecified atom stereocenters. The van der Waals surface area contributed by atoms with E-state index in [4.69, 9.17) is 18.9 Å². The lowest BCUT2D eigenvalue weighted by molar-refractivity contribution is -0.214. The predicted molar refractivity (Wildman–Crippen MR) is 112 cm³/mol. The minimum absolute atomic E-state index is 0.344. The van der Waals surface area contributed by atoms with Crippen LogP contribution in [0.3, 0.4) is 0 Å². The van der Waals surface area contributed by atoms with Gasteiger partial charge in [0.2, 0.25) is 0 Å². The Kier molecular flexibility index (Phi) is 7.72. The standard InChI is InChI=1S/C23H29FO7/c1-4-30-15-7-5-13(6-8-15)9-14-10-16(18(29-3)11-17(14)28-2)23-22(27)20(24)21(26)19(12-25)31-23/h5-8,10-11,19-23,25-27H,4,9,12H2,1-3H3/t19-,20+,21+,22?,23+/m1/s1. The first-order valence-corrected chi connectivity index (χ1v) is 10.2. The number of benzene rings is 2. The third-order valence-electron chi connectivity index (χ3n) is 5.41. The molecule has 8 heteroatoms. The van der Waals surface area contributed by atoms with Crippen LogP contribution in [0.2, 0.25) is 0 Å². The molecular formula is C23H29FO7. The fraction of sp³-hybridized carbons (Fsp3) is 0.478. The zero-order valence-electron chi connectivity index (χ0n) is 17.8. The Labute approximate surface area is 180 Å². The minimum Gasteiger partial charge on any atom is -0.496 e. The zero-order chi connectivity index (χ0) is 22.5. The van der Waals surface area contributed by atoms with E-state index in [-0.39, 0.29) is 0 Å². The molecule has 1 saturated heterocycles. The number of methoxy groups -OCH3 is 2. The molecule has 0 aromatic heterocycles. The molecule has 0 saturated carbocycles. The van der Waals surface area contributed by atoms with E-state index >= 15 is 0 Å². The van der Waals surface area contributed by atoms with Crippen molar-refractivity contribution in [2.45, 2.75) is 43.9 Å². The van der Waals surface area contributed by atoms with Crippen LogP contribution in [-0.2, 0) is 11.2 Å². The first kappa shape index (κ1) is 23.3. The number of aliphatic hydroxyl groups is 3. The number of rotatable bonds is 8. The van der Waals surface area contributed by atoms with Crippen LogP contribution >= 0.6 is 0 Å². The van der Waals surface area contributed by atoms with Crippen LogP contribution in [0.5, 0.6) is 17.2 Å². The van der Waals surface area contributed by atoms with Gasteiger partial charge in [0, 0.05) is 18.1 Å². The fourth-order valence-electron chi connectivity index (χ4n) is 3.77. The van der Waals surface area contributed by atoms with Gasteiger partial charge < -0.3 is 34.3 Å². The van der Waals surface area contributed by atoms with Crippen LogP contribution in [0.4, 0.5) is 4.39 Å². The van der Waals surface area contributed by atoms with Crippen LogP contribution in [0.15, 0.2) is 36.4 Å². The average molecular weight is 436 g/mol. The van der Waals surface area contributed by atoms with E-state index in [1.165, 1.54) is 14.2 Å². The smallest absolute Gasteiger partial charge is 0.157 e. The molecule has 2 aromatic carbocycles. The van der Waals surface area contributed by atoms with Crippen LogP contribution in [0, 0.1) is 0 Å². The third-order valence-corrected chi connectivity index (χ3v) is 5.41. The number of hydrogen-bond donors (Lipinski definition) is 3. The van der Waals surface area contributed by atoms with E-state index in [0.29, 0.717) is 30.1 Å². The number of ether oxygens (including phenoxy) is 4. The number of aliphatic hydroxyl groups excluding tert-OH is 3. The third kappa shape index (κ3) is 4.93. The Morgan fingerprint density at radius 3 is 2.26 bits per heavy atom. The van der Waals surface area contributed by atoms with Crippen LogP contribution in [0.25, 0.3) is 0 Å². The second-order valence-corrected chi connectivity index (χ2v) is 7.36. The van der Waals surface area contributed by atoms with Gasteiger partial charge in [-0.1, -0.05) is 12.1 Å². The van der Waals surface area contributed by atoms with Crippen molar-refractivity contribution in [2.75, 3.05) is 27.4 Å². The molecule has 0 amide bonds. The largest absolute Gasteiger partial charge is 0.496 e. The molecule has 3 N–H and O–H groups in total. The number of halogens is 1. The normalized spacial score (nSPS) is 25.8. The van der Waals surface area contributed by atoms with Gasteiger partial charge in [-0.3, -0.25) is 0 Å². The highest BCUT2D eigenvalue weighted by molar-refractivity contribution is 5.50. The molecule has 31 heavy (non-hydrogen) atoms. The highest BCUT2D eigenvalue weighted by Crippen LogP contribution is 2.41. The Bertz CT molecular complexity index is 856. The van der Waals surface area contributed by atoms with Crippen molar-refractivity contribution in [1.82, 2.24) is 0 Å². The summed E-state index contributed by atoms with van der Waals surface area (Å²) in [6, 6.07) is 11.0. The SMILES string of the molecule is CCOc1ccc(Cc2cc([C@@H]3O[C@H](CO)[C@H](O)[C@H](F)C3O)c(OC)cc2OC)cc1. The second kappa shape index (κ2) is 10.3. The highest BCUT2D eigenvalue weighted by Gasteiger charge is 2.46. The number of alkyl halides is 1. The molecule has 3 rings (SSSR count). The van der Waals surface area contributed by atoms with Crippen LogP contribution < -0.4 is 14.2 Å². The van der Waals surface area contributed by atoms with Crippen molar-refractivity contribution in [3.8, 4) is 17.2 Å². The lowest BCUT2D eigenvalue weighted by Gasteiger charge is -2.39. The molecule has 1 fully saturated rings. The minimum atomic E-state index is -1.97. The van der Waals surface area contributed by atoms with Gasteiger partial charge in [0.25, 0.3) is 0 Å². The van der Waals surface area contributed by atoms with Gasteiger partial charge in [-0.2, -0.15) is 0 Å². The molecule has 1 heterocycles. The molecule has 0 bridgehead atoms. The first-order valence-electron chi connectivity index (χ1n) is 10.2. The molecule has 0 aliphatic carbocycles. The Balaban J connectivity index is 1.97. The van der Waals surface area contributed by atoms with E-state index in [0.717, 1.165) is 16.9 Å². The van der Waals surface area contributed by atoms with Crippen molar-refractivity contribution >= 4 is 0 Å². The maximum Gasteiger partial charge on any atom is 0.157 e. The van der Waals surface area contributed by atoms with Crippen molar-refractivity contribution in [1.29, 1.82) is 0 Å². The summed E-state index contributed by atoms with van der Waals surface area (Å²) in [6.07, 6.45) is -7.01. The molecule has 0 spiro atoms. The lowest BCUT2D eigenvalue weighted by Crippen LogP contribution is -2.53. The molecule has 170 valence electrons. The summed E-state index contributed by atoms with van der Waals surface area (Å²) in [7, 11) is 2.99. The number of hydrogen-bond acceptors (Lipinski definition) is 7. The van der Waals surface area contributed by atoms with Gasteiger partial charge in [-0.05, 0) is 36.2 Å². The van der Waals surface area contributed by atoms with E-state index in [2.05, 4.69) is 0 Å². The topological polar surface area (TPSA) is 97.6 Å². The van der Waals surface area contributed by atoms with Gasteiger partial charge in [0.15, 0.2) is 6.17 Å². The van der Waals surface area contributed by atoms with Crippen molar-refractivity contribution in [2.24, 2.45) is 0 Å². The summed E-state index contributed by atoms with van der Waals surface area (Å²) in [5.41, 5.74) is 2.18. The molecule has 1 aliphatic rings. The van der Waals surface area contributed by atoms with Gasteiger partial charge in [0.05, 0.1) is 27.4 Å². The molecule has 1 aliphatic heterocycles. The Hall–Kier alpha value is -2.39. The van der Waals surface area contributed by atoms with Gasteiger partial charge in [-0.25, -0.2) is 4.39 Å². The maximum absolute atomic E-state index is 14.5. The molecular weight excluding hydrogens is 407 g/mol. The molecule has 5 atom stereocenters. The van der Waals surface area contributed by atoms with Crippen LogP contribution in [-0.4, -0.2) is 67.2 Å².